The van der Waals surface area contributed by atoms with Gasteiger partial charge in [-0.15, -0.1) is 0 Å². The number of rotatable bonds is 6. The summed E-state index contributed by atoms with van der Waals surface area (Å²) in [6, 6.07) is 15.1. The smallest absolute Gasteiger partial charge is 0.323 e. The van der Waals surface area contributed by atoms with Crippen LogP contribution in [0.2, 0.25) is 0 Å². The molecule has 152 valence electrons. The molecule has 29 heavy (non-hydrogen) atoms. The number of fused-ring (bicyclic) bond motifs is 1. The number of carbonyl (C=O) groups is 3. The number of hydrogen-bond acceptors (Lipinski definition) is 5. The number of carboxylic acid groups (broad SMARTS) is 1. The Labute approximate surface area is 174 Å². The second-order valence-electron chi connectivity index (χ2n) is 6.80. The number of nitrogens with one attached hydrogen (secondary N) is 1. The lowest BCUT2D eigenvalue weighted by molar-refractivity contribution is -0.137. The summed E-state index contributed by atoms with van der Waals surface area (Å²) in [4.78, 5) is 38.2. The first-order valence-corrected chi connectivity index (χ1v) is 9.69. The maximum Gasteiger partial charge on any atom is 0.323 e. The van der Waals surface area contributed by atoms with E-state index in [1.165, 1.54) is 0 Å². The third kappa shape index (κ3) is 4.89. The number of nitrogens with zero attached hydrogens (tertiary/aromatic N) is 1. The Morgan fingerprint density at radius 3 is 2.52 bits per heavy atom. The minimum atomic E-state index is -1.16. The highest BCUT2D eigenvalue weighted by Gasteiger charge is 2.38. The van der Waals surface area contributed by atoms with Gasteiger partial charge in [0.2, 0.25) is 5.91 Å². The molecule has 3 atom stereocenters. The molecule has 0 radical (unpaired) electrons. The predicted molar refractivity (Wildman–Crippen MR) is 111 cm³/mol. The summed E-state index contributed by atoms with van der Waals surface area (Å²) in [7, 11) is 0. The van der Waals surface area contributed by atoms with Gasteiger partial charge >= 0.3 is 5.97 Å². The molecule has 1 aliphatic heterocycles. The largest absolute Gasteiger partial charge is 0.486 e. The predicted octanol–water partition coefficient (Wildman–Crippen LogP) is 1.91. The van der Waals surface area contributed by atoms with Crippen LogP contribution in [0.3, 0.4) is 0 Å². The number of benzene rings is 2. The van der Waals surface area contributed by atoms with Crippen LogP contribution in [-0.4, -0.2) is 46.8 Å². The molecule has 0 fully saturated rings. The highest BCUT2D eigenvalue weighted by molar-refractivity contribution is 7.81. The Morgan fingerprint density at radius 1 is 1.17 bits per heavy atom. The molecule has 2 N–H and O–H groups in total. The molecule has 0 saturated carbocycles. The molecule has 0 unspecified atom stereocenters. The van der Waals surface area contributed by atoms with Crippen LogP contribution >= 0.6 is 12.6 Å². The average molecular weight is 414 g/mol. The number of anilines is 1. The van der Waals surface area contributed by atoms with E-state index in [4.69, 9.17) is 4.74 Å². The number of carboxylic acids is 1. The zero-order chi connectivity index (χ0) is 21.0. The molecule has 0 aromatic heterocycles. The van der Waals surface area contributed by atoms with Gasteiger partial charge < -0.3 is 15.2 Å². The minimum absolute atomic E-state index is 0.357. The van der Waals surface area contributed by atoms with E-state index >= 15 is 0 Å². The molecule has 2 amide bonds. The SMILES string of the molecule is C[C@H]1Oc2ccccc2N(CC(=O)O)C(=O)[C@H]1NC(=O)[C@@H](S)Cc1ccccc1. The Balaban J connectivity index is 1.80. The van der Waals surface area contributed by atoms with E-state index in [9.17, 15) is 19.5 Å². The zero-order valence-corrected chi connectivity index (χ0v) is 16.7. The molecule has 0 aliphatic carbocycles. The third-order valence-corrected chi connectivity index (χ3v) is 5.05. The van der Waals surface area contributed by atoms with Gasteiger partial charge in [0.05, 0.1) is 10.9 Å². The van der Waals surface area contributed by atoms with Crippen molar-refractivity contribution in [1.82, 2.24) is 5.32 Å². The molecule has 2 aromatic carbocycles. The van der Waals surface area contributed by atoms with E-state index < -0.39 is 41.7 Å². The molecule has 8 heteroatoms. The normalized spacial score (nSPS) is 19.5. The molecule has 1 heterocycles. The fourth-order valence-corrected chi connectivity index (χ4v) is 3.48. The summed E-state index contributed by atoms with van der Waals surface area (Å²) in [5, 5.41) is 11.3. The highest BCUT2D eigenvalue weighted by Crippen LogP contribution is 2.32. The van der Waals surface area contributed by atoms with Gasteiger partial charge in [-0.25, -0.2) is 0 Å². The van der Waals surface area contributed by atoms with Crippen molar-refractivity contribution < 1.29 is 24.2 Å². The number of ether oxygens (including phenoxy) is 1. The van der Waals surface area contributed by atoms with Crippen molar-refractivity contribution in [2.24, 2.45) is 0 Å². The maximum atomic E-state index is 13.1. The summed E-state index contributed by atoms with van der Waals surface area (Å²) in [5.41, 5.74) is 1.30. The number of carbonyl (C=O) groups excluding carboxylic acids is 2. The lowest BCUT2D eigenvalue weighted by Gasteiger charge is -2.26. The van der Waals surface area contributed by atoms with Gasteiger partial charge in [-0.2, -0.15) is 12.6 Å². The van der Waals surface area contributed by atoms with E-state index in [0.717, 1.165) is 10.5 Å². The van der Waals surface area contributed by atoms with Crippen molar-refractivity contribution in [1.29, 1.82) is 0 Å². The summed E-state index contributed by atoms with van der Waals surface area (Å²) in [6.45, 7) is 1.13. The van der Waals surface area contributed by atoms with Crippen molar-refractivity contribution in [3.05, 3.63) is 60.2 Å². The molecule has 1 aliphatic rings. The first-order chi connectivity index (χ1) is 13.9. The molecule has 3 rings (SSSR count). The van der Waals surface area contributed by atoms with Crippen LogP contribution in [0.25, 0.3) is 0 Å². The van der Waals surface area contributed by atoms with E-state index in [0.29, 0.717) is 17.9 Å². The maximum absolute atomic E-state index is 13.1. The molecular weight excluding hydrogens is 392 g/mol. The number of thiol groups is 1. The Morgan fingerprint density at radius 2 is 1.83 bits per heavy atom. The van der Waals surface area contributed by atoms with Crippen molar-refractivity contribution in [3.8, 4) is 5.75 Å². The van der Waals surface area contributed by atoms with Gasteiger partial charge in [-0.05, 0) is 31.0 Å². The quantitative estimate of drug-likeness (QED) is 0.628. The van der Waals surface area contributed by atoms with Gasteiger partial charge in [0.25, 0.3) is 5.91 Å². The van der Waals surface area contributed by atoms with Crippen molar-refractivity contribution >= 4 is 36.1 Å². The van der Waals surface area contributed by atoms with E-state index in [2.05, 4.69) is 17.9 Å². The zero-order valence-electron chi connectivity index (χ0n) is 15.8. The first-order valence-electron chi connectivity index (χ1n) is 9.18. The van der Waals surface area contributed by atoms with E-state index in [-0.39, 0.29) is 0 Å². The van der Waals surface area contributed by atoms with E-state index in [1.807, 2.05) is 30.3 Å². The third-order valence-electron chi connectivity index (χ3n) is 4.64. The van der Waals surface area contributed by atoms with Gasteiger partial charge in [-0.1, -0.05) is 42.5 Å². The van der Waals surface area contributed by atoms with Crippen LogP contribution in [0, 0.1) is 0 Å². The van der Waals surface area contributed by atoms with Crippen LogP contribution in [0.4, 0.5) is 5.69 Å². The summed E-state index contributed by atoms with van der Waals surface area (Å²) in [6.07, 6.45) is -0.297. The number of aliphatic carboxylic acids is 1. The van der Waals surface area contributed by atoms with E-state index in [1.54, 1.807) is 31.2 Å². The van der Waals surface area contributed by atoms with Crippen LogP contribution in [0.1, 0.15) is 12.5 Å². The molecular formula is C21H22N2O5S. The highest BCUT2D eigenvalue weighted by atomic mass is 32.1. The van der Waals surface area contributed by atoms with Crippen molar-refractivity contribution in [2.75, 3.05) is 11.4 Å². The van der Waals surface area contributed by atoms with Crippen LogP contribution in [-0.2, 0) is 20.8 Å². The molecule has 0 bridgehead atoms. The fraction of sp³-hybridized carbons (Fsp3) is 0.286. The second kappa shape index (κ2) is 9.00. The van der Waals surface area contributed by atoms with Gasteiger partial charge in [0.15, 0.2) is 0 Å². The van der Waals surface area contributed by atoms with Crippen LogP contribution < -0.4 is 15.0 Å². The Hall–Kier alpha value is -3.00. The average Bonchev–Trinajstić information content (AvgIpc) is 2.79. The molecule has 2 aromatic rings. The Bertz CT molecular complexity index is 905. The number of para-hydroxylation sites is 2. The summed E-state index contributed by atoms with van der Waals surface area (Å²) < 4.78 is 5.86. The van der Waals surface area contributed by atoms with Crippen LogP contribution in [0.15, 0.2) is 54.6 Å². The lowest BCUT2D eigenvalue weighted by atomic mass is 10.1. The van der Waals surface area contributed by atoms with Gasteiger partial charge in [0.1, 0.15) is 24.4 Å². The standard InChI is InChI=1S/C21H22N2O5S/c1-13-19(22-20(26)17(29)11-14-7-3-2-4-8-14)21(27)23(12-18(24)25)15-9-5-6-10-16(15)28-13/h2-10,13,17,19,29H,11-12H2,1H3,(H,22,26)(H,24,25)/t13-,17+,19+/m1/s1. The van der Waals surface area contributed by atoms with Crippen molar-refractivity contribution in [3.63, 3.8) is 0 Å². The van der Waals surface area contributed by atoms with Crippen molar-refractivity contribution in [2.45, 2.75) is 30.7 Å². The lowest BCUT2D eigenvalue weighted by Crippen LogP contribution is -2.56. The van der Waals surface area contributed by atoms with Gasteiger partial charge in [-0.3, -0.25) is 19.3 Å². The fourth-order valence-electron chi connectivity index (χ4n) is 3.19. The topological polar surface area (TPSA) is 95.9 Å². The summed E-state index contributed by atoms with van der Waals surface area (Å²) >= 11 is 4.38. The number of hydrogen-bond donors (Lipinski definition) is 3. The second-order valence-corrected chi connectivity index (χ2v) is 7.42. The summed E-state index contributed by atoms with van der Waals surface area (Å²) in [5.74, 6) is -1.74. The first kappa shape index (κ1) is 20.7. The molecule has 0 saturated heterocycles. The molecule has 7 nitrogen and oxygen atoms in total. The monoisotopic (exact) mass is 414 g/mol. The number of amides is 2. The van der Waals surface area contributed by atoms with Gasteiger partial charge in [0, 0.05) is 0 Å². The van der Waals surface area contributed by atoms with Crippen LogP contribution in [0.5, 0.6) is 5.75 Å². The molecule has 0 spiro atoms. The Kier molecular flexibility index (Phi) is 6.43. The minimum Gasteiger partial charge on any atom is -0.486 e.